The maximum Gasteiger partial charge on any atom is 0.240 e. The summed E-state index contributed by atoms with van der Waals surface area (Å²) in [4.78, 5) is 15.8. The van der Waals surface area contributed by atoms with E-state index in [1.54, 1.807) is 0 Å². The third-order valence-corrected chi connectivity index (χ3v) is 7.66. The van der Waals surface area contributed by atoms with E-state index >= 15 is 0 Å². The van der Waals surface area contributed by atoms with E-state index in [0.29, 0.717) is 11.8 Å². The first kappa shape index (κ1) is 29.6. The van der Waals surface area contributed by atoms with Gasteiger partial charge in [-0.25, -0.2) is 4.79 Å². The second kappa shape index (κ2) is 18.0. The summed E-state index contributed by atoms with van der Waals surface area (Å²) in [5, 5.41) is 0. The Morgan fingerprint density at radius 2 is 1.06 bits per heavy atom. The molecule has 2 nitrogen and oxygen atoms in total. The van der Waals surface area contributed by atoms with Crippen molar-refractivity contribution in [3.63, 3.8) is 0 Å². The zero-order valence-electron chi connectivity index (χ0n) is 22.8. The number of rotatable bonds is 19. The van der Waals surface area contributed by atoms with E-state index in [4.69, 9.17) is 0 Å². The zero-order chi connectivity index (χ0) is 24.5. The Labute approximate surface area is 206 Å². The molecule has 0 aromatic heterocycles. The molecule has 0 aliphatic heterocycles. The Morgan fingerprint density at radius 3 is 1.39 bits per heavy atom. The standard InChI is InChI=1S/C31H53NO/c1-7-13-16-25(10-4)19-28-22-29(20-26(11-5)17-14-8-2)31(32-24-33)30(23-28)21-27(12-6)18-15-9-3/h22-23,25-27H,7-21H2,1-6H3. The van der Waals surface area contributed by atoms with Gasteiger partial charge in [-0.15, -0.1) is 0 Å². The highest BCUT2D eigenvalue weighted by Gasteiger charge is 2.19. The van der Waals surface area contributed by atoms with E-state index in [1.807, 2.05) is 6.08 Å². The molecule has 0 radical (unpaired) electrons. The van der Waals surface area contributed by atoms with Gasteiger partial charge in [0.05, 0.1) is 5.69 Å². The molecule has 2 heteroatoms. The minimum Gasteiger partial charge on any atom is -0.211 e. The van der Waals surface area contributed by atoms with Crippen LogP contribution in [0.15, 0.2) is 17.1 Å². The lowest BCUT2D eigenvalue weighted by atomic mass is 9.84. The number of benzene rings is 1. The van der Waals surface area contributed by atoms with E-state index in [9.17, 15) is 4.79 Å². The summed E-state index contributed by atoms with van der Waals surface area (Å²) in [6.45, 7) is 13.8. The average molecular weight is 456 g/mol. The molecule has 1 aromatic rings. The second-order valence-corrected chi connectivity index (χ2v) is 10.3. The fraction of sp³-hybridized carbons (Fsp3) is 0.774. The van der Waals surface area contributed by atoms with Crippen LogP contribution >= 0.6 is 0 Å². The normalized spacial score (nSPS) is 14.0. The average Bonchev–Trinajstić information content (AvgIpc) is 2.83. The molecule has 0 bridgehead atoms. The predicted molar refractivity (Wildman–Crippen MR) is 145 cm³/mol. The van der Waals surface area contributed by atoms with Gasteiger partial charge in [-0.1, -0.05) is 131 Å². The molecular formula is C31H53NO. The molecule has 0 spiro atoms. The number of nitrogens with zero attached hydrogens (tertiary/aromatic N) is 1. The topological polar surface area (TPSA) is 29.4 Å². The van der Waals surface area contributed by atoms with Crippen LogP contribution in [-0.4, -0.2) is 6.08 Å². The lowest BCUT2D eigenvalue weighted by molar-refractivity contribution is 0.440. The van der Waals surface area contributed by atoms with Crippen LogP contribution in [0, 0.1) is 17.8 Å². The first-order valence-corrected chi connectivity index (χ1v) is 14.3. The van der Waals surface area contributed by atoms with Crippen molar-refractivity contribution in [3.8, 4) is 0 Å². The predicted octanol–water partition coefficient (Wildman–Crippen LogP) is 9.93. The Morgan fingerprint density at radius 1 is 0.667 bits per heavy atom. The van der Waals surface area contributed by atoms with Crippen LogP contribution in [0.4, 0.5) is 5.69 Å². The highest BCUT2D eigenvalue weighted by Crippen LogP contribution is 2.34. The molecule has 0 saturated carbocycles. The van der Waals surface area contributed by atoms with Crippen molar-refractivity contribution >= 4 is 11.8 Å². The number of unbranched alkanes of at least 4 members (excludes halogenated alkanes) is 3. The molecule has 1 rings (SSSR count). The summed E-state index contributed by atoms with van der Waals surface area (Å²) >= 11 is 0. The molecule has 33 heavy (non-hydrogen) atoms. The van der Waals surface area contributed by atoms with Gasteiger partial charge in [-0.05, 0) is 53.7 Å². The van der Waals surface area contributed by atoms with Gasteiger partial charge >= 0.3 is 0 Å². The van der Waals surface area contributed by atoms with Gasteiger partial charge in [0, 0.05) is 0 Å². The molecule has 0 amide bonds. The summed E-state index contributed by atoms with van der Waals surface area (Å²) < 4.78 is 0. The van der Waals surface area contributed by atoms with Crippen LogP contribution in [0.25, 0.3) is 0 Å². The number of isocyanates is 1. The molecule has 0 saturated heterocycles. The van der Waals surface area contributed by atoms with Crippen LogP contribution in [0.5, 0.6) is 0 Å². The lowest BCUT2D eigenvalue weighted by Crippen LogP contribution is -2.10. The van der Waals surface area contributed by atoms with Crippen molar-refractivity contribution in [2.75, 3.05) is 0 Å². The van der Waals surface area contributed by atoms with Crippen molar-refractivity contribution < 1.29 is 4.79 Å². The molecule has 3 atom stereocenters. The molecule has 1 aromatic carbocycles. The molecule has 0 aliphatic rings. The third kappa shape index (κ3) is 11.0. The number of hydrogen-bond donors (Lipinski definition) is 0. The summed E-state index contributed by atoms with van der Waals surface area (Å²) in [5.74, 6) is 2.07. The molecular weight excluding hydrogens is 402 g/mol. The van der Waals surface area contributed by atoms with Gasteiger partial charge in [0.15, 0.2) is 0 Å². The van der Waals surface area contributed by atoms with E-state index < -0.39 is 0 Å². The maximum atomic E-state index is 11.5. The number of hydrogen-bond acceptors (Lipinski definition) is 2. The largest absolute Gasteiger partial charge is 0.240 e. The van der Waals surface area contributed by atoms with Gasteiger partial charge in [0.1, 0.15) is 0 Å². The second-order valence-electron chi connectivity index (χ2n) is 10.3. The van der Waals surface area contributed by atoms with Crippen molar-refractivity contribution in [3.05, 3.63) is 28.8 Å². The number of carbonyl (C=O) groups excluding carboxylic acids is 1. The van der Waals surface area contributed by atoms with Gasteiger partial charge in [-0.3, -0.25) is 0 Å². The summed E-state index contributed by atoms with van der Waals surface area (Å²) in [6.07, 6.45) is 20.2. The third-order valence-electron chi connectivity index (χ3n) is 7.66. The smallest absolute Gasteiger partial charge is 0.211 e. The molecule has 0 fully saturated rings. The molecule has 0 N–H and O–H groups in total. The zero-order valence-corrected chi connectivity index (χ0v) is 22.8. The van der Waals surface area contributed by atoms with Crippen LogP contribution in [-0.2, 0) is 24.1 Å². The van der Waals surface area contributed by atoms with E-state index in [0.717, 1.165) is 30.9 Å². The van der Waals surface area contributed by atoms with Crippen molar-refractivity contribution in [2.45, 2.75) is 138 Å². The quantitative estimate of drug-likeness (QED) is 0.151. The van der Waals surface area contributed by atoms with E-state index in [1.165, 1.54) is 93.7 Å². The summed E-state index contributed by atoms with van der Waals surface area (Å²) in [7, 11) is 0. The molecule has 3 unspecified atom stereocenters. The van der Waals surface area contributed by atoms with Gasteiger partial charge in [-0.2, -0.15) is 4.99 Å². The van der Waals surface area contributed by atoms with Crippen LogP contribution in [0.1, 0.15) is 135 Å². The van der Waals surface area contributed by atoms with Gasteiger partial charge < -0.3 is 0 Å². The van der Waals surface area contributed by atoms with Crippen molar-refractivity contribution in [2.24, 2.45) is 22.7 Å². The van der Waals surface area contributed by atoms with Crippen molar-refractivity contribution in [1.29, 1.82) is 0 Å². The Hall–Kier alpha value is -1.40. The summed E-state index contributed by atoms with van der Waals surface area (Å²) in [6, 6.07) is 4.80. The Balaban J connectivity index is 3.39. The van der Waals surface area contributed by atoms with Crippen LogP contribution < -0.4 is 0 Å². The van der Waals surface area contributed by atoms with Crippen LogP contribution in [0.2, 0.25) is 0 Å². The monoisotopic (exact) mass is 455 g/mol. The molecule has 188 valence electrons. The summed E-state index contributed by atoms with van der Waals surface area (Å²) in [5.41, 5.74) is 5.00. The highest BCUT2D eigenvalue weighted by molar-refractivity contribution is 5.60. The van der Waals surface area contributed by atoms with E-state index in [2.05, 4.69) is 58.7 Å². The first-order valence-electron chi connectivity index (χ1n) is 14.3. The number of aliphatic imine (C=N–C) groups is 1. The fourth-order valence-corrected chi connectivity index (χ4v) is 5.24. The Bertz CT molecular complexity index is 649. The van der Waals surface area contributed by atoms with E-state index in [-0.39, 0.29) is 0 Å². The minimum atomic E-state index is 0.665. The lowest BCUT2D eigenvalue weighted by Gasteiger charge is -2.22. The SMILES string of the molecule is CCCCC(CC)Cc1cc(CC(CC)CCCC)c(N=C=O)c(CC(CC)CCCC)c1. The van der Waals surface area contributed by atoms with Gasteiger partial charge in [0.25, 0.3) is 0 Å². The molecule has 0 aliphatic carbocycles. The minimum absolute atomic E-state index is 0.665. The highest BCUT2D eigenvalue weighted by atomic mass is 16.1. The fourth-order valence-electron chi connectivity index (χ4n) is 5.24. The Kier molecular flexibility index (Phi) is 16.2. The van der Waals surface area contributed by atoms with Crippen LogP contribution in [0.3, 0.4) is 0 Å². The molecule has 0 heterocycles. The van der Waals surface area contributed by atoms with Gasteiger partial charge in [0.2, 0.25) is 6.08 Å². The first-order chi connectivity index (χ1) is 16.1. The van der Waals surface area contributed by atoms with Crippen molar-refractivity contribution in [1.82, 2.24) is 0 Å². The maximum absolute atomic E-state index is 11.5.